The fourth-order valence-corrected chi connectivity index (χ4v) is 2.92. The van der Waals surface area contributed by atoms with Gasteiger partial charge in [-0.25, -0.2) is 14.2 Å². The molecule has 10 nitrogen and oxygen atoms in total. The van der Waals surface area contributed by atoms with Crippen LogP contribution in [0.1, 0.15) is 16.1 Å². The maximum Gasteiger partial charge on any atom is 0.333 e. The predicted molar refractivity (Wildman–Crippen MR) is 106 cm³/mol. The zero-order valence-electron chi connectivity index (χ0n) is 15.8. The Balaban J connectivity index is 1.80. The minimum Gasteiger partial charge on any atom is -0.479 e. The molecule has 0 aliphatic carbocycles. The number of aliphatic carboxylic acids is 1. The Morgan fingerprint density at radius 3 is 2.58 bits per heavy atom. The molecule has 4 N–H and O–H groups in total. The summed E-state index contributed by atoms with van der Waals surface area (Å²) in [5, 5.41) is 35.9. The summed E-state index contributed by atoms with van der Waals surface area (Å²) < 4.78 is 14.7. The number of benzene rings is 2. The van der Waals surface area contributed by atoms with Gasteiger partial charge in [-0.1, -0.05) is 40.7 Å². The summed E-state index contributed by atoms with van der Waals surface area (Å²) in [7, 11) is 0. The van der Waals surface area contributed by atoms with Gasteiger partial charge >= 0.3 is 5.97 Å². The first-order valence-electron chi connectivity index (χ1n) is 8.85. The molecule has 12 heteroatoms. The van der Waals surface area contributed by atoms with Crippen molar-refractivity contribution < 1.29 is 29.4 Å². The number of rotatable bonds is 8. The summed E-state index contributed by atoms with van der Waals surface area (Å²) in [4.78, 5) is 23.6. The monoisotopic (exact) mass is 449 g/mol. The van der Waals surface area contributed by atoms with Crippen LogP contribution in [-0.4, -0.2) is 60.1 Å². The van der Waals surface area contributed by atoms with Crippen LogP contribution in [0.15, 0.2) is 48.7 Å². The van der Waals surface area contributed by atoms with E-state index in [-0.39, 0.29) is 17.8 Å². The van der Waals surface area contributed by atoms with Crippen LogP contribution in [-0.2, 0) is 11.3 Å². The van der Waals surface area contributed by atoms with Crippen LogP contribution in [0.25, 0.3) is 11.1 Å². The number of hydrogen-bond donors (Lipinski definition) is 4. The number of carbonyl (C=O) groups is 2. The van der Waals surface area contributed by atoms with Crippen molar-refractivity contribution in [1.82, 2.24) is 25.6 Å². The number of nitrogens with one attached hydrogen (secondary N) is 1. The van der Waals surface area contributed by atoms with E-state index in [0.717, 1.165) is 11.2 Å². The Kier molecular flexibility index (Phi) is 6.80. The van der Waals surface area contributed by atoms with E-state index >= 15 is 0 Å². The van der Waals surface area contributed by atoms with Gasteiger partial charge in [-0.05, 0) is 34.5 Å². The highest BCUT2D eigenvalue weighted by Crippen LogP contribution is 2.25. The second kappa shape index (κ2) is 9.51. The molecule has 1 aromatic heterocycles. The van der Waals surface area contributed by atoms with Crippen molar-refractivity contribution in [3.05, 3.63) is 70.8 Å². The minimum absolute atomic E-state index is 0.134. The van der Waals surface area contributed by atoms with E-state index in [1.807, 2.05) is 0 Å². The van der Waals surface area contributed by atoms with Gasteiger partial charge in [-0.2, -0.15) is 0 Å². The number of hydrogen-bond acceptors (Lipinski definition) is 7. The molecule has 0 aliphatic heterocycles. The van der Waals surface area contributed by atoms with Gasteiger partial charge in [-0.15, -0.1) is 5.10 Å². The number of carbonyl (C=O) groups excluding carboxylic acids is 1. The second-order valence-corrected chi connectivity index (χ2v) is 6.95. The Labute approximate surface area is 180 Å². The third kappa shape index (κ3) is 5.75. The van der Waals surface area contributed by atoms with Crippen LogP contribution in [0.5, 0.6) is 0 Å². The highest BCUT2D eigenvalue weighted by molar-refractivity contribution is 6.30. The number of hydrazine groups is 1. The molecule has 0 saturated heterocycles. The zero-order chi connectivity index (χ0) is 22.5. The Morgan fingerprint density at radius 1 is 1.23 bits per heavy atom. The molecular formula is C19H17ClFN5O5. The van der Waals surface area contributed by atoms with Gasteiger partial charge in [0, 0.05) is 17.1 Å². The SMILES string of the molecule is O=C(NN(Cc1ccc(-c2cccc(Cl)c2)cc1F)CC(O)C(=O)O)c1cn(O)nn1. The highest BCUT2D eigenvalue weighted by atomic mass is 35.5. The summed E-state index contributed by atoms with van der Waals surface area (Å²) >= 11 is 5.97. The maximum absolute atomic E-state index is 14.7. The molecule has 0 radical (unpaired) electrons. The average Bonchev–Trinajstić information content (AvgIpc) is 3.15. The molecule has 31 heavy (non-hydrogen) atoms. The van der Waals surface area contributed by atoms with E-state index in [1.54, 1.807) is 30.3 Å². The number of aliphatic hydroxyl groups is 1. The summed E-state index contributed by atoms with van der Waals surface area (Å²) in [6.07, 6.45) is -0.927. The van der Waals surface area contributed by atoms with Crippen molar-refractivity contribution >= 4 is 23.5 Å². The third-order valence-corrected chi connectivity index (χ3v) is 4.46. The summed E-state index contributed by atoms with van der Waals surface area (Å²) in [6.45, 7) is -0.797. The highest BCUT2D eigenvalue weighted by Gasteiger charge is 2.22. The lowest BCUT2D eigenvalue weighted by Crippen LogP contribution is -2.47. The number of amides is 1. The van der Waals surface area contributed by atoms with E-state index < -0.39 is 30.3 Å². The number of aliphatic hydroxyl groups excluding tert-OH is 1. The normalized spacial score (nSPS) is 12.0. The molecule has 1 unspecified atom stereocenters. The molecule has 2 aromatic carbocycles. The van der Waals surface area contributed by atoms with Crippen molar-refractivity contribution in [2.75, 3.05) is 6.54 Å². The molecule has 0 saturated carbocycles. The number of carboxylic acid groups (broad SMARTS) is 1. The number of nitrogens with zero attached hydrogens (tertiary/aromatic N) is 4. The second-order valence-electron chi connectivity index (χ2n) is 6.52. The van der Waals surface area contributed by atoms with Crippen molar-refractivity contribution in [3.8, 4) is 11.1 Å². The van der Waals surface area contributed by atoms with E-state index in [9.17, 15) is 19.1 Å². The van der Waals surface area contributed by atoms with Gasteiger partial charge in [0.05, 0.1) is 12.7 Å². The minimum atomic E-state index is -1.84. The topological polar surface area (TPSA) is 141 Å². The molecule has 0 bridgehead atoms. The van der Waals surface area contributed by atoms with Gasteiger partial charge in [0.2, 0.25) is 0 Å². The molecule has 3 aromatic rings. The Bertz CT molecular complexity index is 1110. The molecule has 1 amide bonds. The van der Waals surface area contributed by atoms with Gasteiger partial charge in [0.15, 0.2) is 11.8 Å². The van der Waals surface area contributed by atoms with E-state index in [2.05, 4.69) is 15.7 Å². The number of aromatic nitrogens is 3. The zero-order valence-corrected chi connectivity index (χ0v) is 16.6. The summed E-state index contributed by atoms with van der Waals surface area (Å²) in [5.41, 5.74) is 3.46. The molecule has 0 aliphatic rings. The van der Waals surface area contributed by atoms with Gasteiger partial charge in [-0.3, -0.25) is 10.2 Å². The third-order valence-electron chi connectivity index (χ3n) is 4.22. The number of halogens is 2. The summed E-state index contributed by atoms with van der Waals surface area (Å²) in [5.74, 6) is -2.96. The maximum atomic E-state index is 14.7. The molecule has 0 spiro atoms. The van der Waals surface area contributed by atoms with Gasteiger partial charge in [0.1, 0.15) is 5.82 Å². The first-order valence-corrected chi connectivity index (χ1v) is 9.23. The fraction of sp³-hybridized carbons (Fsp3) is 0.158. The first-order chi connectivity index (χ1) is 14.7. The lowest BCUT2D eigenvalue weighted by molar-refractivity contribution is -0.148. The van der Waals surface area contributed by atoms with Crippen LogP contribution in [0, 0.1) is 5.82 Å². The standard InChI is InChI=1S/C19H17ClFN5O5/c20-14-3-1-2-11(6-14)12-4-5-13(15(21)7-12)8-25(10-17(27)19(29)30)23-18(28)16-9-26(31)24-22-16/h1-7,9,17,27,31H,8,10H2,(H,23,28)(H,29,30). The average molecular weight is 450 g/mol. The van der Waals surface area contributed by atoms with E-state index in [0.29, 0.717) is 21.0 Å². The number of carboxylic acids is 1. The first kappa shape index (κ1) is 22.2. The molecule has 1 atom stereocenters. The molecule has 1 heterocycles. The Morgan fingerprint density at radius 2 is 1.97 bits per heavy atom. The quantitative estimate of drug-likeness (QED) is 0.300. The predicted octanol–water partition coefficient (Wildman–Crippen LogP) is 1.57. The lowest BCUT2D eigenvalue weighted by Gasteiger charge is -2.24. The van der Waals surface area contributed by atoms with Crippen LogP contribution in [0.4, 0.5) is 4.39 Å². The smallest absolute Gasteiger partial charge is 0.333 e. The van der Waals surface area contributed by atoms with E-state index in [1.165, 1.54) is 12.1 Å². The van der Waals surface area contributed by atoms with Crippen molar-refractivity contribution in [2.45, 2.75) is 12.6 Å². The van der Waals surface area contributed by atoms with Crippen molar-refractivity contribution in [2.24, 2.45) is 0 Å². The van der Waals surface area contributed by atoms with Crippen LogP contribution < -0.4 is 5.43 Å². The molecule has 162 valence electrons. The lowest BCUT2D eigenvalue weighted by atomic mass is 10.0. The van der Waals surface area contributed by atoms with Crippen LogP contribution >= 0.6 is 11.6 Å². The van der Waals surface area contributed by atoms with Crippen LogP contribution in [0.3, 0.4) is 0 Å². The van der Waals surface area contributed by atoms with Crippen LogP contribution in [0.2, 0.25) is 5.02 Å². The van der Waals surface area contributed by atoms with Gasteiger partial charge in [0.25, 0.3) is 5.91 Å². The largest absolute Gasteiger partial charge is 0.479 e. The fourth-order valence-electron chi connectivity index (χ4n) is 2.73. The molecular weight excluding hydrogens is 433 g/mol. The van der Waals surface area contributed by atoms with Crippen molar-refractivity contribution in [3.63, 3.8) is 0 Å². The summed E-state index contributed by atoms with van der Waals surface area (Å²) in [6, 6.07) is 11.3. The van der Waals surface area contributed by atoms with Gasteiger partial charge < -0.3 is 15.4 Å². The Hall–Kier alpha value is -3.54. The van der Waals surface area contributed by atoms with Crippen molar-refractivity contribution in [1.29, 1.82) is 0 Å². The molecule has 3 rings (SSSR count). The molecule has 0 fully saturated rings. The van der Waals surface area contributed by atoms with E-state index in [4.69, 9.17) is 21.9 Å².